The van der Waals surface area contributed by atoms with E-state index in [1.807, 2.05) is 24.0 Å². The van der Waals surface area contributed by atoms with Crippen LogP contribution in [0.4, 0.5) is 0 Å². The molecule has 0 aromatic heterocycles. The van der Waals surface area contributed by atoms with Gasteiger partial charge < -0.3 is 10.6 Å². The number of amides is 1. The molecule has 1 aliphatic rings. The number of benzene rings is 1. The maximum absolute atomic E-state index is 12.6. The fourth-order valence-corrected chi connectivity index (χ4v) is 2.92. The molecule has 1 saturated heterocycles. The number of halogens is 1. The lowest BCUT2D eigenvalue weighted by Crippen LogP contribution is -2.45. The van der Waals surface area contributed by atoms with E-state index in [4.69, 9.17) is 5.73 Å². The third-order valence-corrected chi connectivity index (χ3v) is 4.49. The van der Waals surface area contributed by atoms with Crippen LogP contribution in [-0.4, -0.2) is 29.9 Å². The summed E-state index contributed by atoms with van der Waals surface area (Å²) in [6.07, 6.45) is 2.18. The second kappa shape index (κ2) is 7.47. The lowest BCUT2D eigenvalue weighted by Gasteiger charge is -2.34. The third kappa shape index (κ3) is 4.47. The molecule has 0 spiro atoms. The van der Waals surface area contributed by atoms with Crippen molar-refractivity contribution in [3.8, 4) is 0 Å². The summed E-state index contributed by atoms with van der Waals surface area (Å²) < 4.78 is 0. The van der Waals surface area contributed by atoms with Crippen molar-refractivity contribution in [3.63, 3.8) is 0 Å². The van der Waals surface area contributed by atoms with Crippen LogP contribution in [0, 0.1) is 5.92 Å². The summed E-state index contributed by atoms with van der Waals surface area (Å²) in [5.74, 6) is 0.567. The minimum absolute atomic E-state index is 0. The van der Waals surface area contributed by atoms with E-state index in [1.54, 1.807) is 0 Å². The second-order valence-corrected chi connectivity index (χ2v) is 7.34. The van der Waals surface area contributed by atoms with Gasteiger partial charge in [-0.15, -0.1) is 12.4 Å². The lowest BCUT2D eigenvalue weighted by atomic mass is 9.86. The highest BCUT2D eigenvalue weighted by atomic mass is 35.5. The summed E-state index contributed by atoms with van der Waals surface area (Å²) in [5, 5.41) is 0. The van der Waals surface area contributed by atoms with Crippen molar-refractivity contribution in [3.05, 3.63) is 35.4 Å². The number of carbonyl (C=O) groups excluding carboxylic acids is 1. The Bertz CT molecular complexity index is 491. The first-order valence-electron chi connectivity index (χ1n) is 7.94. The van der Waals surface area contributed by atoms with Crippen molar-refractivity contribution in [2.45, 2.75) is 52.0 Å². The molecular weight excluding hydrogens is 296 g/mol. The zero-order valence-electron chi connectivity index (χ0n) is 14.1. The summed E-state index contributed by atoms with van der Waals surface area (Å²) in [4.78, 5) is 14.6. The van der Waals surface area contributed by atoms with E-state index in [9.17, 15) is 4.79 Å². The average Bonchev–Trinajstić information content (AvgIpc) is 2.46. The topological polar surface area (TPSA) is 46.3 Å². The van der Waals surface area contributed by atoms with E-state index in [1.165, 1.54) is 5.56 Å². The zero-order valence-corrected chi connectivity index (χ0v) is 15.0. The van der Waals surface area contributed by atoms with Crippen LogP contribution in [0.3, 0.4) is 0 Å². The number of rotatable bonds is 2. The summed E-state index contributed by atoms with van der Waals surface area (Å²) in [6, 6.07) is 8.21. The Morgan fingerprint density at radius 2 is 1.86 bits per heavy atom. The number of hydrogen-bond acceptors (Lipinski definition) is 2. The van der Waals surface area contributed by atoms with E-state index in [0.717, 1.165) is 31.5 Å². The highest BCUT2D eigenvalue weighted by molar-refractivity contribution is 5.94. The molecule has 2 unspecified atom stereocenters. The van der Waals surface area contributed by atoms with E-state index < -0.39 is 0 Å². The molecule has 4 heteroatoms. The maximum atomic E-state index is 12.6. The molecule has 22 heavy (non-hydrogen) atoms. The molecule has 0 bridgehead atoms. The van der Waals surface area contributed by atoms with Gasteiger partial charge in [0.1, 0.15) is 0 Å². The van der Waals surface area contributed by atoms with Gasteiger partial charge in [-0.1, -0.05) is 32.9 Å². The molecule has 1 aromatic rings. The first-order valence-corrected chi connectivity index (χ1v) is 7.94. The van der Waals surface area contributed by atoms with Gasteiger partial charge in [-0.25, -0.2) is 0 Å². The molecule has 124 valence electrons. The second-order valence-electron chi connectivity index (χ2n) is 7.34. The monoisotopic (exact) mass is 324 g/mol. The molecular formula is C18H29ClN2O. The first-order chi connectivity index (χ1) is 9.79. The van der Waals surface area contributed by atoms with Gasteiger partial charge in [-0.2, -0.15) is 0 Å². The van der Waals surface area contributed by atoms with Crippen LogP contribution in [0.2, 0.25) is 0 Å². The lowest BCUT2D eigenvalue weighted by molar-refractivity contribution is 0.0661. The predicted molar refractivity (Wildman–Crippen MR) is 94.7 cm³/mol. The molecule has 2 rings (SSSR count). The maximum Gasteiger partial charge on any atom is 0.253 e. The van der Waals surface area contributed by atoms with E-state index >= 15 is 0 Å². The number of nitrogens with zero attached hydrogens (tertiary/aromatic N) is 1. The van der Waals surface area contributed by atoms with Gasteiger partial charge in [0.15, 0.2) is 0 Å². The number of hydrogen-bond donors (Lipinski definition) is 1. The van der Waals surface area contributed by atoms with Gasteiger partial charge in [0, 0.05) is 24.7 Å². The highest BCUT2D eigenvalue weighted by Crippen LogP contribution is 2.24. The molecule has 0 aliphatic carbocycles. The van der Waals surface area contributed by atoms with Crippen LogP contribution in [0.25, 0.3) is 0 Å². The van der Waals surface area contributed by atoms with E-state index in [0.29, 0.717) is 5.92 Å². The standard InChI is InChI=1S/C18H28N2O.ClH/c1-13(19)15-6-5-11-20(12-15)17(21)14-7-9-16(10-8-14)18(2,3)4;/h7-10,13,15H,5-6,11-12,19H2,1-4H3;1H. The van der Waals surface area contributed by atoms with Crippen molar-refractivity contribution in [1.29, 1.82) is 0 Å². The summed E-state index contributed by atoms with van der Waals surface area (Å²) >= 11 is 0. The van der Waals surface area contributed by atoms with Crippen LogP contribution >= 0.6 is 12.4 Å². The predicted octanol–water partition coefficient (Wildman–Crippen LogP) is 3.61. The van der Waals surface area contributed by atoms with Crippen LogP contribution in [-0.2, 0) is 5.41 Å². The van der Waals surface area contributed by atoms with E-state index in [-0.39, 0.29) is 29.8 Å². The van der Waals surface area contributed by atoms with Gasteiger partial charge in [-0.3, -0.25) is 4.79 Å². The summed E-state index contributed by atoms with van der Waals surface area (Å²) in [5.41, 5.74) is 8.16. The van der Waals surface area contributed by atoms with Crippen molar-refractivity contribution < 1.29 is 4.79 Å². The first kappa shape index (κ1) is 19.0. The smallest absolute Gasteiger partial charge is 0.253 e. The van der Waals surface area contributed by atoms with Gasteiger partial charge in [0.25, 0.3) is 5.91 Å². The SMILES string of the molecule is CC(N)C1CCCN(C(=O)c2ccc(C(C)(C)C)cc2)C1.Cl. The fraction of sp³-hybridized carbons (Fsp3) is 0.611. The van der Waals surface area contributed by atoms with Crippen LogP contribution in [0.5, 0.6) is 0 Å². The number of nitrogens with two attached hydrogens (primary N) is 1. The third-order valence-electron chi connectivity index (χ3n) is 4.49. The molecule has 1 fully saturated rings. The largest absolute Gasteiger partial charge is 0.338 e. The normalized spacial score (nSPS) is 20.2. The van der Waals surface area contributed by atoms with Crippen LogP contribution < -0.4 is 5.73 Å². The Hall–Kier alpha value is -1.06. The molecule has 3 nitrogen and oxygen atoms in total. The quantitative estimate of drug-likeness (QED) is 0.903. The minimum atomic E-state index is 0. The molecule has 0 saturated carbocycles. The van der Waals surface area contributed by atoms with Crippen LogP contribution in [0.1, 0.15) is 56.5 Å². The van der Waals surface area contributed by atoms with E-state index in [2.05, 4.69) is 32.9 Å². The number of likely N-dealkylation sites (tertiary alicyclic amines) is 1. The zero-order chi connectivity index (χ0) is 15.6. The summed E-state index contributed by atoms with van der Waals surface area (Å²) in [7, 11) is 0. The highest BCUT2D eigenvalue weighted by Gasteiger charge is 2.26. The average molecular weight is 325 g/mol. The number of piperidine rings is 1. The molecule has 2 N–H and O–H groups in total. The molecule has 0 radical (unpaired) electrons. The molecule has 1 amide bonds. The van der Waals surface area contributed by atoms with Gasteiger partial charge in [0.05, 0.1) is 0 Å². The Labute approximate surface area is 140 Å². The minimum Gasteiger partial charge on any atom is -0.338 e. The Balaban J connectivity index is 0.00000242. The van der Waals surface area contributed by atoms with Gasteiger partial charge in [0.2, 0.25) is 0 Å². The fourth-order valence-electron chi connectivity index (χ4n) is 2.92. The molecule has 1 aliphatic heterocycles. The Morgan fingerprint density at radius 3 is 2.36 bits per heavy atom. The van der Waals surface area contributed by atoms with Crippen molar-refractivity contribution in [2.24, 2.45) is 11.7 Å². The van der Waals surface area contributed by atoms with Crippen molar-refractivity contribution in [2.75, 3.05) is 13.1 Å². The Morgan fingerprint density at radius 1 is 1.27 bits per heavy atom. The molecule has 1 heterocycles. The summed E-state index contributed by atoms with van der Waals surface area (Å²) in [6.45, 7) is 10.2. The van der Waals surface area contributed by atoms with Crippen molar-refractivity contribution >= 4 is 18.3 Å². The van der Waals surface area contributed by atoms with Gasteiger partial charge >= 0.3 is 0 Å². The van der Waals surface area contributed by atoms with Crippen LogP contribution in [0.15, 0.2) is 24.3 Å². The molecule has 1 aromatic carbocycles. The number of carbonyl (C=O) groups is 1. The Kier molecular flexibility index (Phi) is 6.45. The van der Waals surface area contributed by atoms with Crippen molar-refractivity contribution in [1.82, 2.24) is 4.90 Å². The van der Waals surface area contributed by atoms with Gasteiger partial charge in [-0.05, 0) is 48.8 Å². The molecule has 2 atom stereocenters.